The second-order valence-corrected chi connectivity index (χ2v) is 5.27. The standard InChI is InChI=1S/C12H16F3NO4/c13-12(14,15)11(19)16-5-8(9(6-16)10(17)18)7-1-3-20-4-2-7/h7-9H,1-6H2,(H,17,18)/t8-,9+/m0/s1. The van der Waals surface area contributed by atoms with Crippen LogP contribution in [0.2, 0.25) is 0 Å². The molecular weight excluding hydrogens is 279 g/mol. The summed E-state index contributed by atoms with van der Waals surface area (Å²) in [7, 11) is 0. The van der Waals surface area contributed by atoms with E-state index < -0.39 is 29.9 Å². The summed E-state index contributed by atoms with van der Waals surface area (Å²) in [6, 6.07) is 0. The number of halogens is 3. The molecule has 0 aliphatic carbocycles. The predicted octanol–water partition coefficient (Wildman–Crippen LogP) is 1.13. The second-order valence-electron chi connectivity index (χ2n) is 5.27. The minimum absolute atomic E-state index is 0.00381. The van der Waals surface area contributed by atoms with Crippen LogP contribution in [0.1, 0.15) is 12.8 Å². The van der Waals surface area contributed by atoms with Gasteiger partial charge in [-0.15, -0.1) is 0 Å². The number of aliphatic carboxylic acids is 1. The zero-order valence-electron chi connectivity index (χ0n) is 10.7. The second kappa shape index (κ2) is 5.59. The highest BCUT2D eigenvalue weighted by atomic mass is 19.4. The molecule has 2 fully saturated rings. The number of nitrogens with zero attached hydrogens (tertiary/aromatic N) is 1. The Morgan fingerprint density at radius 1 is 1.15 bits per heavy atom. The molecule has 0 unspecified atom stereocenters. The Hall–Kier alpha value is -1.31. The van der Waals surface area contributed by atoms with E-state index in [1.54, 1.807) is 0 Å². The van der Waals surface area contributed by atoms with Gasteiger partial charge in [-0.2, -0.15) is 13.2 Å². The number of carbonyl (C=O) groups is 2. The maximum atomic E-state index is 12.4. The Balaban J connectivity index is 2.10. The average Bonchev–Trinajstić information content (AvgIpc) is 2.82. The van der Waals surface area contributed by atoms with E-state index in [0.29, 0.717) is 31.0 Å². The van der Waals surface area contributed by atoms with Crippen molar-refractivity contribution in [1.29, 1.82) is 0 Å². The summed E-state index contributed by atoms with van der Waals surface area (Å²) in [4.78, 5) is 23.1. The maximum absolute atomic E-state index is 12.4. The molecule has 0 saturated carbocycles. The first-order valence-corrected chi connectivity index (χ1v) is 6.47. The third kappa shape index (κ3) is 3.05. The van der Waals surface area contributed by atoms with E-state index >= 15 is 0 Å². The molecule has 1 amide bonds. The Kier molecular flexibility index (Phi) is 4.22. The molecule has 0 aromatic carbocycles. The molecule has 0 radical (unpaired) electrons. The highest BCUT2D eigenvalue weighted by molar-refractivity contribution is 5.83. The van der Waals surface area contributed by atoms with Crippen molar-refractivity contribution in [1.82, 2.24) is 4.90 Å². The monoisotopic (exact) mass is 295 g/mol. The molecule has 2 aliphatic rings. The van der Waals surface area contributed by atoms with E-state index in [-0.39, 0.29) is 19.0 Å². The molecule has 114 valence electrons. The fourth-order valence-electron chi connectivity index (χ4n) is 3.06. The molecule has 2 atom stereocenters. The first-order chi connectivity index (χ1) is 9.30. The van der Waals surface area contributed by atoms with Gasteiger partial charge in [-0.1, -0.05) is 0 Å². The number of carboxylic acid groups (broad SMARTS) is 1. The van der Waals surface area contributed by atoms with Gasteiger partial charge in [-0.25, -0.2) is 0 Å². The van der Waals surface area contributed by atoms with Crippen LogP contribution in [0.4, 0.5) is 13.2 Å². The summed E-state index contributed by atoms with van der Waals surface area (Å²) in [5, 5.41) is 9.17. The van der Waals surface area contributed by atoms with Gasteiger partial charge in [0.15, 0.2) is 0 Å². The van der Waals surface area contributed by atoms with E-state index in [9.17, 15) is 22.8 Å². The molecule has 2 rings (SSSR count). The summed E-state index contributed by atoms with van der Waals surface area (Å²) in [5.74, 6) is -4.44. The van der Waals surface area contributed by atoms with Crippen LogP contribution < -0.4 is 0 Å². The van der Waals surface area contributed by atoms with E-state index in [1.807, 2.05) is 0 Å². The lowest BCUT2D eigenvalue weighted by Gasteiger charge is -2.29. The van der Waals surface area contributed by atoms with Crippen LogP contribution in [0, 0.1) is 17.8 Å². The molecule has 2 saturated heterocycles. The van der Waals surface area contributed by atoms with Crippen LogP contribution >= 0.6 is 0 Å². The Morgan fingerprint density at radius 3 is 2.25 bits per heavy atom. The lowest BCUT2D eigenvalue weighted by molar-refractivity contribution is -0.184. The molecule has 8 heteroatoms. The topological polar surface area (TPSA) is 66.8 Å². The molecule has 0 bridgehead atoms. The molecule has 2 heterocycles. The van der Waals surface area contributed by atoms with Crippen molar-refractivity contribution in [2.75, 3.05) is 26.3 Å². The van der Waals surface area contributed by atoms with Gasteiger partial charge >= 0.3 is 18.1 Å². The van der Waals surface area contributed by atoms with Crippen molar-refractivity contribution < 1.29 is 32.6 Å². The van der Waals surface area contributed by atoms with Gasteiger partial charge in [0.2, 0.25) is 0 Å². The summed E-state index contributed by atoms with van der Waals surface area (Å²) >= 11 is 0. The maximum Gasteiger partial charge on any atom is 0.471 e. The molecule has 0 aromatic rings. The molecule has 20 heavy (non-hydrogen) atoms. The summed E-state index contributed by atoms with van der Waals surface area (Å²) in [6.45, 7) is 0.469. The zero-order valence-corrected chi connectivity index (χ0v) is 10.7. The minimum Gasteiger partial charge on any atom is -0.481 e. The number of hydrogen-bond donors (Lipinski definition) is 1. The number of carbonyl (C=O) groups excluding carboxylic acids is 1. The number of ether oxygens (including phenoxy) is 1. The average molecular weight is 295 g/mol. The predicted molar refractivity (Wildman–Crippen MR) is 60.8 cm³/mol. The van der Waals surface area contributed by atoms with Crippen molar-refractivity contribution in [2.45, 2.75) is 19.0 Å². The molecule has 0 aromatic heterocycles. The minimum atomic E-state index is -4.95. The van der Waals surface area contributed by atoms with Crippen molar-refractivity contribution in [3.8, 4) is 0 Å². The van der Waals surface area contributed by atoms with E-state index in [1.165, 1.54) is 0 Å². The molecule has 2 aliphatic heterocycles. The zero-order chi connectivity index (χ0) is 14.9. The van der Waals surface area contributed by atoms with E-state index in [4.69, 9.17) is 9.84 Å². The number of carboxylic acids is 1. The molecule has 0 spiro atoms. The third-order valence-electron chi connectivity index (χ3n) is 4.08. The Bertz CT molecular complexity index is 393. The van der Waals surface area contributed by atoms with Gasteiger partial charge in [0.05, 0.1) is 5.92 Å². The normalized spacial score (nSPS) is 28.6. The highest BCUT2D eigenvalue weighted by Gasteiger charge is 2.50. The number of amides is 1. The third-order valence-corrected chi connectivity index (χ3v) is 4.08. The Labute approximate surface area is 113 Å². The van der Waals surface area contributed by atoms with Crippen LogP contribution in [-0.2, 0) is 14.3 Å². The number of hydrogen-bond acceptors (Lipinski definition) is 3. The molecule has 1 N–H and O–H groups in total. The van der Waals surface area contributed by atoms with Gasteiger partial charge in [0.25, 0.3) is 0 Å². The SMILES string of the molecule is O=C(O)[C@@H]1CN(C(=O)C(F)(F)F)C[C@H]1C1CCOCC1. The van der Waals surface area contributed by atoms with Crippen LogP contribution in [0.5, 0.6) is 0 Å². The first-order valence-electron chi connectivity index (χ1n) is 6.47. The van der Waals surface area contributed by atoms with Gasteiger partial charge in [0, 0.05) is 26.3 Å². The van der Waals surface area contributed by atoms with Gasteiger partial charge in [-0.3, -0.25) is 9.59 Å². The molecule has 5 nitrogen and oxygen atoms in total. The lowest BCUT2D eigenvalue weighted by Crippen LogP contribution is -2.40. The van der Waals surface area contributed by atoms with Crippen LogP contribution in [0.3, 0.4) is 0 Å². The van der Waals surface area contributed by atoms with Crippen molar-refractivity contribution in [3.63, 3.8) is 0 Å². The van der Waals surface area contributed by atoms with Gasteiger partial charge in [-0.05, 0) is 24.7 Å². The smallest absolute Gasteiger partial charge is 0.471 e. The highest BCUT2D eigenvalue weighted by Crippen LogP contribution is 2.36. The van der Waals surface area contributed by atoms with Crippen LogP contribution in [-0.4, -0.2) is 54.4 Å². The quantitative estimate of drug-likeness (QED) is 0.829. The van der Waals surface area contributed by atoms with Crippen molar-refractivity contribution in [3.05, 3.63) is 0 Å². The van der Waals surface area contributed by atoms with Crippen LogP contribution in [0.25, 0.3) is 0 Å². The number of rotatable bonds is 2. The largest absolute Gasteiger partial charge is 0.481 e. The summed E-state index contributed by atoms with van der Waals surface area (Å²) < 4.78 is 42.5. The fraction of sp³-hybridized carbons (Fsp3) is 0.833. The molecular formula is C12H16F3NO4. The van der Waals surface area contributed by atoms with Crippen LogP contribution in [0.15, 0.2) is 0 Å². The van der Waals surface area contributed by atoms with Crippen molar-refractivity contribution in [2.24, 2.45) is 17.8 Å². The summed E-state index contributed by atoms with van der Waals surface area (Å²) in [5.41, 5.74) is 0. The first kappa shape index (κ1) is 15.1. The van der Waals surface area contributed by atoms with Crippen molar-refractivity contribution >= 4 is 11.9 Å². The Morgan fingerprint density at radius 2 is 1.75 bits per heavy atom. The lowest BCUT2D eigenvalue weighted by atomic mass is 9.80. The number of alkyl halides is 3. The fourth-order valence-corrected chi connectivity index (χ4v) is 3.06. The van der Waals surface area contributed by atoms with Gasteiger partial charge in [0.1, 0.15) is 0 Å². The van der Waals surface area contributed by atoms with E-state index in [2.05, 4.69) is 0 Å². The van der Waals surface area contributed by atoms with Gasteiger partial charge < -0.3 is 14.7 Å². The van der Waals surface area contributed by atoms with E-state index in [0.717, 1.165) is 0 Å². The summed E-state index contributed by atoms with van der Waals surface area (Å²) in [6.07, 6.45) is -3.70. The number of likely N-dealkylation sites (tertiary alicyclic amines) is 1.